The monoisotopic (exact) mass is 454 g/mol. The third kappa shape index (κ3) is 3.72. The van der Waals surface area contributed by atoms with Crippen LogP contribution in [0.25, 0.3) is 5.52 Å². The second kappa shape index (κ2) is 8.28. The molecule has 172 valence electrons. The van der Waals surface area contributed by atoms with E-state index in [1.54, 1.807) is 31.2 Å². The van der Waals surface area contributed by atoms with Crippen LogP contribution in [0, 0.1) is 11.3 Å². The van der Waals surface area contributed by atoms with Crippen molar-refractivity contribution in [3.8, 4) is 6.07 Å². The van der Waals surface area contributed by atoms with Crippen molar-refractivity contribution in [2.45, 2.75) is 49.3 Å². The fraction of sp³-hybridized carbons (Fsp3) is 0.381. The lowest BCUT2D eigenvalue weighted by Crippen LogP contribution is -2.40. The topological polar surface area (TPSA) is 189 Å². The van der Waals surface area contributed by atoms with Gasteiger partial charge in [-0.05, 0) is 44.0 Å². The molecule has 0 bridgehead atoms. The Kier molecular flexibility index (Phi) is 5.62. The minimum absolute atomic E-state index is 0.0580. The average Bonchev–Trinajstić information content (AvgIpc) is 3.34. The molecular weight excluding hydrogens is 432 g/mol. The summed E-state index contributed by atoms with van der Waals surface area (Å²) in [5.74, 6) is 0.172. The van der Waals surface area contributed by atoms with E-state index in [1.165, 1.54) is 23.1 Å². The maximum absolute atomic E-state index is 11.3. The predicted molar refractivity (Wildman–Crippen MR) is 112 cm³/mol. The summed E-state index contributed by atoms with van der Waals surface area (Å²) in [6.07, 6.45) is -2.71. The lowest BCUT2D eigenvalue weighted by atomic mass is 9.89. The first-order valence-electron chi connectivity index (χ1n) is 10.1. The molecule has 0 saturated carbocycles. The van der Waals surface area contributed by atoms with Gasteiger partial charge in [0.1, 0.15) is 30.1 Å². The first-order chi connectivity index (χ1) is 15.7. The van der Waals surface area contributed by atoms with Crippen molar-refractivity contribution in [3.63, 3.8) is 0 Å². The third-order valence-electron chi connectivity index (χ3n) is 5.91. The Morgan fingerprint density at radius 3 is 2.82 bits per heavy atom. The summed E-state index contributed by atoms with van der Waals surface area (Å²) in [5.41, 5.74) is 3.54. The number of anilines is 1. The molecule has 1 fully saturated rings. The summed E-state index contributed by atoms with van der Waals surface area (Å²) >= 11 is 0. The van der Waals surface area contributed by atoms with E-state index in [1.807, 2.05) is 6.07 Å². The van der Waals surface area contributed by atoms with Crippen LogP contribution in [0.5, 0.6) is 0 Å². The molecule has 0 spiro atoms. The van der Waals surface area contributed by atoms with Gasteiger partial charge >= 0.3 is 6.16 Å². The first-order valence-corrected chi connectivity index (χ1v) is 10.1. The summed E-state index contributed by atoms with van der Waals surface area (Å²) in [5, 5.41) is 44.9. The molecule has 1 unspecified atom stereocenters. The number of aromatic nitrogens is 4. The van der Waals surface area contributed by atoms with Crippen LogP contribution in [0.4, 0.5) is 10.6 Å². The number of ether oxygens (including phenoxy) is 2. The van der Waals surface area contributed by atoms with Crippen LogP contribution < -0.4 is 5.73 Å². The summed E-state index contributed by atoms with van der Waals surface area (Å²) in [4.78, 5) is 19.4. The lowest BCUT2D eigenvalue weighted by Gasteiger charge is -2.29. The van der Waals surface area contributed by atoms with Gasteiger partial charge in [-0.2, -0.15) is 10.4 Å². The Labute approximate surface area is 187 Å². The number of hydrogen-bond acceptors (Lipinski definition) is 10. The van der Waals surface area contributed by atoms with E-state index in [9.17, 15) is 25.4 Å². The van der Waals surface area contributed by atoms with Gasteiger partial charge in [-0.25, -0.2) is 14.3 Å². The van der Waals surface area contributed by atoms with Crippen molar-refractivity contribution in [2.75, 3.05) is 5.73 Å². The fourth-order valence-electron chi connectivity index (χ4n) is 4.16. The number of nitrogens with zero attached hydrogens (tertiary/aromatic N) is 5. The molecule has 0 radical (unpaired) electrons. The quantitative estimate of drug-likeness (QED) is 0.388. The van der Waals surface area contributed by atoms with Crippen molar-refractivity contribution in [1.82, 2.24) is 19.6 Å². The van der Waals surface area contributed by atoms with Crippen LogP contribution in [0.3, 0.4) is 0 Å². The van der Waals surface area contributed by atoms with Crippen LogP contribution in [-0.4, -0.2) is 59.4 Å². The molecule has 3 aromatic rings. The minimum Gasteiger partial charge on any atom is -0.450 e. The summed E-state index contributed by atoms with van der Waals surface area (Å²) < 4.78 is 12.4. The van der Waals surface area contributed by atoms with Gasteiger partial charge in [0, 0.05) is 6.20 Å². The number of carbonyl (C=O) groups is 1. The second-order valence-electron chi connectivity index (χ2n) is 7.95. The highest BCUT2D eigenvalue weighted by Crippen LogP contribution is 2.43. The highest BCUT2D eigenvalue weighted by molar-refractivity contribution is 5.66. The van der Waals surface area contributed by atoms with Crippen LogP contribution in [0.1, 0.15) is 31.2 Å². The van der Waals surface area contributed by atoms with Gasteiger partial charge in [-0.3, -0.25) is 4.98 Å². The molecule has 0 aromatic carbocycles. The van der Waals surface area contributed by atoms with E-state index >= 15 is 0 Å². The largest absolute Gasteiger partial charge is 0.506 e. The molecule has 4 heterocycles. The molecule has 0 amide bonds. The zero-order valence-electron chi connectivity index (χ0n) is 17.6. The minimum atomic E-state index is -1.94. The number of fused-ring (bicyclic) bond motifs is 1. The molecule has 5 atom stereocenters. The highest BCUT2D eigenvalue weighted by Gasteiger charge is 2.57. The van der Waals surface area contributed by atoms with Gasteiger partial charge in [0.2, 0.25) is 5.60 Å². The number of rotatable bonds is 6. The molecule has 12 nitrogen and oxygen atoms in total. The molecule has 3 aromatic heterocycles. The zero-order valence-corrected chi connectivity index (χ0v) is 17.6. The standard InChI is InChI=1S/C21H22N6O6/c1-20(33-19(30)31,14-4-2-3-9-24-14)8-7-13-16(28)17(29)21(10-22,32-13)15-6-5-12-18(23)25-11-26-27(12)15/h2-6,9,11,13,16-17,28-29H,7-8H2,1H3,(H,30,31)(H2,23,25,26)/t13-,16-,17-,20?,21+/m1/s1. The van der Waals surface area contributed by atoms with Gasteiger partial charge in [-0.15, -0.1) is 0 Å². The van der Waals surface area contributed by atoms with Crippen molar-refractivity contribution in [1.29, 1.82) is 5.26 Å². The Morgan fingerprint density at radius 1 is 1.36 bits per heavy atom. The normalized spacial score (nSPS) is 26.5. The van der Waals surface area contributed by atoms with Crippen LogP contribution in [0.2, 0.25) is 0 Å². The molecule has 0 aliphatic carbocycles. The Balaban J connectivity index is 1.63. The third-order valence-corrected chi connectivity index (χ3v) is 5.91. The first kappa shape index (κ1) is 22.4. The fourth-order valence-corrected chi connectivity index (χ4v) is 4.16. The maximum atomic E-state index is 11.3. The number of pyridine rings is 1. The molecule has 1 aliphatic heterocycles. The summed E-state index contributed by atoms with van der Waals surface area (Å²) in [6, 6.07) is 10.1. The van der Waals surface area contributed by atoms with E-state index in [0.29, 0.717) is 11.2 Å². The number of nitrogens with two attached hydrogens (primary N) is 1. The number of carboxylic acid groups (broad SMARTS) is 1. The highest BCUT2D eigenvalue weighted by atomic mass is 16.7. The van der Waals surface area contributed by atoms with Crippen molar-refractivity contribution >= 4 is 17.5 Å². The van der Waals surface area contributed by atoms with Gasteiger partial charge in [0.05, 0.1) is 17.5 Å². The predicted octanol–water partition coefficient (Wildman–Crippen LogP) is 0.936. The molecule has 1 saturated heterocycles. The van der Waals surface area contributed by atoms with Gasteiger partial charge in [-0.1, -0.05) is 6.07 Å². The van der Waals surface area contributed by atoms with Crippen LogP contribution >= 0.6 is 0 Å². The maximum Gasteiger partial charge on any atom is 0.506 e. The van der Waals surface area contributed by atoms with Gasteiger partial charge < -0.3 is 30.5 Å². The molecule has 5 N–H and O–H groups in total. The SMILES string of the molecule is CC(CC[C@H]1O[C@@](C#N)(c2ccc3c(N)ncnn23)[C@H](O)[C@@H]1O)(OC(=O)O)c1ccccn1. The zero-order chi connectivity index (χ0) is 23.8. The number of hydrogen-bond donors (Lipinski definition) is 4. The van der Waals surface area contributed by atoms with E-state index in [0.717, 1.165) is 0 Å². The molecule has 1 aliphatic rings. The molecule has 4 rings (SSSR count). The molecule has 12 heteroatoms. The Bertz CT molecular complexity index is 1210. The number of aliphatic hydroxyl groups excluding tert-OH is 2. The molecular formula is C21H22N6O6. The van der Waals surface area contributed by atoms with Crippen molar-refractivity contribution in [2.24, 2.45) is 0 Å². The molecule has 33 heavy (non-hydrogen) atoms. The van der Waals surface area contributed by atoms with Gasteiger partial charge in [0.25, 0.3) is 0 Å². The number of nitriles is 1. The number of aliphatic hydroxyl groups is 2. The van der Waals surface area contributed by atoms with E-state index < -0.39 is 35.7 Å². The smallest absolute Gasteiger partial charge is 0.450 e. The number of nitrogen functional groups attached to an aromatic ring is 1. The summed E-state index contributed by atoms with van der Waals surface area (Å²) in [6.45, 7) is 1.55. The van der Waals surface area contributed by atoms with E-state index in [-0.39, 0.29) is 24.4 Å². The van der Waals surface area contributed by atoms with Crippen molar-refractivity contribution < 1.29 is 29.6 Å². The Hall–Kier alpha value is -3.79. The summed E-state index contributed by atoms with van der Waals surface area (Å²) in [7, 11) is 0. The van der Waals surface area contributed by atoms with E-state index in [2.05, 4.69) is 15.1 Å². The van der Waals surface area contributed by atoms with Gasteiger partial charge in [0.15, 0.2) is 11.4 Å². The lowest BCUT2D eigenvalue weighted by molar-refractivity contribution is -0.0658. The average molecular weight is 454 g/mol. The van der Waals surface area contributed by atoms with Crippen LogP contribution in [-0.2, 0) is 20.7 Å². The Morgan fingerprint density at radius 2 is 2.15 bits per heavy atom. The van der Waals surface area contributed by atoms with Crippen molar-refractivity contribution in [3.05, 3.63) is 54.2 Å². The second-order valence-corrected chi connectivity index (χ2v) is 7.95. The van der Waals surface area contributed by atoms with E-state index in [4.69, 9.17) is 15.2 Å². The van der Waals surface area contributed by atoms with Crippen LogP contribution in [0.15, 0.2) is 42.9 Å².